The minimum absolute atomic E-state index is 0.0112. The van der Waals surface area contributed by atoms with Gasteiger partial charge in [0.25, 0.3) is 0 Å². The van der Waals surface area contributed by atoms with Crippen LogP contribution in [0.15, 0.2) is 30.3 Å². The van der Waals surface area contributed by atoms with Crippen LogP contribution in [-0.2, 0) is 16.4 Å². The maximum atomic E-state index is 11.5. The van der Waals surface area contributed by atoms with Crippen molar-refractivity contribution in [3.8, 4) is 0 Å². The maximum Gasteiger partial charge on any atom is 0.213 e. The molecule has 4 nitrogen and oxygen atoms in total. The zero-order valence-corrected chi connectivity index (χ0v) is 10.9. The molecule has 0 aliphatic rings. The molecule has 0 amide bonds. The normalized spacial score (nSPS) is 13.5. The average Bonchev–Trinajstić information content (AvgIpc) is 2.27. The molecule has 1 aromatic rings. The predicted molar refractivity (Wildman–Crippen MR) is 70.2 cm³/mol. The monoisotopic (exact) mass is 256 g/mol. The number of aryl methyl sites for hydroxylation is 1. The van der Waals surface area contributed by atoms with Gasteiger partial charge in [-0.05, 0) is 25.3 Å². The summed E-state index contributed by atoms with van der Waals surface area (Å²) in [5, 5.41) is 0. The first-order valence-corrected chi connectivity index (χ1v) is 7.43. The Labute approximate surface area is 103 Å². The molecule has 0 radical (unpaired) electrons. The molecule has 0 fully saturated rings. The van der Waals surface area contributed by atoms with Crippen LogP contribution in [-0.4, -0.2) is 26.8 Å². The fourth-order valence-corrected chi connectivity index (χ4v) is 2.77. The van der Waals surface area contributed by atoms with Gasteiger partial charge in [-0.1, -0.05) is 30.3 Å². The molecule has 0 saturated heterocycles. The summed E-state index contributed by atoms with van der Waals surface area (Å²) < 4.78 is 25.5. The van der Waals surface area contributed by atoms with Crippen molar-refractivity contribution >= 4 is 10.0 Å². The molecule has 1 unspecified atom stereocenters. The summed E-state index contributed by atoms with van der Waals surface area (Å²) in [6, 6.07) is 9.96. The standard InChI is InChI=1S/C12H20N2O2S/c1-11(14-17(15,16)10-9-13)7-8-12-5-3-2-4-6-12/h2-6,11,14H,7-10,13H2,1H3. The Hall–Kier alpha value is -0.910. The average molecular weight is 256 g/mol. The zero-order valence-electron chi connectivity index (χ0n) is 10.1. The van der Waals surface area contributed by atoms with Gasteiger partial charge in [-0.25, -0.2) is 13.1 Å². The lowest BCUT2D eigenvalue weighted by atomic mass is 10.1. The van der Waals surface area contributed by atoms with E-state index in [2.05, 4.69) is 4.72 Å². The van der Waals surface area contributed by atoms with Gasteiger partial charge >= 0.3 is 0 Å². The third-order valence-corrected chi connectivity index (χ3v) is 4.01. The van der Waals surface area contributed by atoms with E-state index in [-0.39, 0.29) is 18.3 Å². The first-order valence-electron chi connectivity index (χ1n) is 5.77. The van der Waals surface area contributed by atoms with Crippen LogP contribution in [0.3, 0.4) is 0 Å². The van der Waals surface area contributed by atoms with Crippen molar-refractivity contribution < 1.29 is 8.42 Å². The predicted octanol–water partition coefficient (Wildman–Crippen LogP) is 0.886. The van der Waals surface area contributed by atoms with Gasteiger partial charge in [-0.2, -0.15) is 0 Å². The van der Waals surface area contributed by atoms with Crippen LogP contribution in [0.2, 0.25) is 0 Å². The Morgan fingerprint density at radius 3 is 2.53 bits per heavy atom. The molecular formula is C12H20N2O2S. The Morgan fingerprint density at radius 2 is 1.94 bits per heavy atom. The second-order valence-electron chi connectivity index (χ2n) is 4.15. The molecule has 3 N–H and O–H groups in total. The number of nitrogens with two attached hydrogens (primary N) is 1. The first-order chi connectivity index (χ1) is 8.03. The molecule has 0 heterocycles. The highest BCUT2D eigenvalue weighted by molar-refractivity contribution is 7.89. The fraction of sp³-hybridized carbons (Fsp3) is 0.500. The molecule has 0 aliphatic heterocycles. The topological polar surface area (TPSA) is 72.2 Å². The van der Waals surface area contributed by atoms with E-state index in [1.807, 2.05) is 37.3 Å². The van der Waals surface area contributed by atoms with E-state index in [9.17, 15) is 8.42 Å². The van der Waals surface area contributed by atoms with Gasteiger partial charge in [0.05, 0.1) is 5.75 Å². The van der Waals surface area contributed by atoms with E-state index < -0.39 is 10.0 Å². The minimum atomic E-state index is -3.21. The molecular weight excluding hydrogens is 236 g/mol. The summed E-state index contributed by atoms with van der Waals surface area (Å²) in [6.07, 6.45) is 1.65. The SMILES string of the molecule is CC(CCc1ccccc1)NS(=O)(=O)CCN. The number of hydrogen-bond donors (Lipinski definition) is 2. The van der Waals surface area contributed by atoms with Gasteiger partial charge in [-0.15, -0.1) is 0 Å². The van der Waals surface area contributed by atoms with E-state index in [0.717, 1.165) is 12.8 Å². The molecule has 0 aliphatic carbocycles. The van der Waals surface area contributed by atoms with Crippen LogP contribution < -0.4 is 10.5 Å². The van der Waals surface area contributed by atoms with Gasteiger partial charge in [0.1, 0.15) is 0 Å². The van der Waals surface area contributed by atoms with Gasteiger partial charge in [-0.3, -0.25) is 0 Å². The van der Waals surface area contributed by atoms with E-state index in [4.69, 9.17) is 5.73 Å². The zero-order chi connectivity index (χ0) is 12.7. The van der Waals surface area contributed by atoms with Crippen LogP contribution in [0.25, 0.3) is 0 Å². The molecule has 96 valence electrons. The number of nitrogens with one attached hydrogen (secondary N) is 1. The molecule has 0 saturated carbocycles. The van der Waals surface area contributed by atoms with Crippen molar-refractivity contribution in [1.29, 1.82) is 0 Å². The van der Waals surface area contributed by atoms with Crippen molar-refractivity contribution in [2.45, 2.75) is 25.8 Å². The smallest absolute Gasteiger partial charge is 0.213 e. The second kappa shape index (κ2) is 6.74. The third-order valence-electron chi connectivity index (χ3n) is 2.48. The lowest BCUT2D eigenvalue weighted by Gasteiger charge is -2.13. The number of benzene rings is 1. The van der Waals surface area contributed by atoms with E-state index in [1.54, 1.807) is 0 Å². The number of sulfonamides is 1. The van der Waals surface area contributed by atoms with Crippen molar-refractivity contribution in [3.05, 3.63) is 35.9 Å². The summed E-state index contributed by atoms with van der Waals surface area (Å²) in [6.45, 7) is 2.03. The van der Waals surface area contributed by atoms with Crippen LogP contribution in [0.5, 0.6) is 0 Å². The van der Waals surface area contributed by atoms with Gasteiger partial charge in [0, 0.05) is 12.6 Å². The van der Waals surface area contributed by atoms with Gasteiger partial charge in [0.2, 0.25) is 10.0 Å². The first kappa shape index (κ1) is 14.2. The lowest BCUT2D eigenvalue weighted by Crippen LogP contribution is -2.36. The summed E-state index contributed by atoms with van der Waals surface area (Å²) in [7, 11) is -3.21. The molecule has 1 aromatic carbocycles. The van der Waals surface area contributed by atoms with Gasteiger partial charge in [0.15, 0.2) is 0 Å². The molecule has 0 bridgehead atoms. The molecule has 0 spiro atoms. The lowest BCUT2D eigenvalue weighted by molar-refractivity contribution is 0.547. The van der Waals surface area contributed by atoms with Crippen molar-refractivity contribution in [2.75, 3.05) is 12.3 Å². The van der Waals surface area contributed by atoms with E-state index in [0.29, 0.717) is 0 Å². The summed E-state index contributed by atoms with van der Waals surface area (Å²) >= 11 is 0. The van der Waals surface area contributed by atoms with Crippen molar-refractivity contribution in [3.63, 3.8) is 0 Å². The minimum Gasteiger partial charge on any atom is -0.329 e. The maximum absolute atomic E-state index is 11.5. The third kappa shape index (κ3) is 5.81. The van der Waals surface area contributed by atoms with Crippen LogP contribution in [0, 0.1) is 0 Å². The van der Waals surface area contributed by atoms with Crippen molar-refractivity contribution in [2.24, 2.45) is 5.73 Å². The second-order valence-corrected chi connectivity index (χ2v) is 6.02. The van der Waals surface area contributed by atoms with Gasteiger partial charge < -0.3 is 5.73 Å². The van der Waals surface area contributed by atoms with Crippen molar-refractivity contribution in [1.82, 2.24) is 4.72 Å². The number of rotatable bonds is 7. The number of hydrogen-bond acceptors (Lipinski definition) is 3. The van der Waals surface area contributed by atoms with E-state index >= 15 is 0 Å². The fourth-order valence-electron chi connectivity index (χ4n) is 1.61. The molecule has 5 heteroatoms. The van der Waals surface area contributed by atoms with Crippen LogP contribution in [0.4, 0.5) is 0 Å². The Bertz CT molecular complexity index is 417. The molecule has 17 heavy (non-hydrogen) atoms. The highest BCUT2D eigenvalue weighted by Crippen LogP contribution is 2.05. The quantitative estimate of drug-likeness (QED) is 0.761. The largest absolute Gasteiger partial charge is 0.329 e. The Morgan fingerprint density at radius 1 is 1.29 bits per heavy atom. The summed E-state index contributed by atoms with van der Waals surface area (Å²) in [4.78, 5) is 0. The van der Waals surface area contributed by atoms with Crippen LogP contribution in [0.1, 0.15) is 18.9 Å². The highest BCUT2D eigenvalue weighted by Gasteiger charge is 2.12. The Balaban J connectivity index is 2.38. The molecule has 1 rings (SSSR count). The summed E-state index contributed by atoms with van der Waals surface area (Å²) in [5.74, 6) is -0.0112. The Kier molecular flexibility index (Phi) is 5.61. The summed E-state index contributed by atoms with van der Waals surface area (Å²) in [5.41, 5.74) is 6.46. The van der Waals surface area contributed by atoms with Crippen LogP contribution >= 0.6 is 0 Å². The molecule has 0 aromatic heterocycles. The highest BCUT2D eigenvalue weighted by atomic mass is 32.2. The van der Waals surface area contributed by atoms with E-state index in [1.165, 1.54) is 5.56 Å². The molecule has 1 atom stereocenters.